The van der Waals surface area contributed by atoms with Crippen LogP contribution in [0.25, 0.3) is 0 Å². The van der Waals surface area contributed by atoms with Crippen molar-refractivity contribution in [3.63, 3.8) is 0 Å². The Morgan fingerprint density at radius 3 is 1.29 bits per heavy atom. The van der Waals surface area contributed by atoms with Gasteiger partial charge < -0.3 is 0 Å². The molecule has 0 bridgehead atoms. The zero-order chi connectivity index (χ0) is 12.5. The van der Waals surface area contributed by atoms with Crippen molar-refractivity contribution in [1.29, 1.82) is 0 Å². The van der Waals surface area contributed by atoms with E-state index in [1.54, 1.807) is 0 Å². The Morgan fingerprint density at radius 2 is 1.00 bits per heavy atom. The SMILES string of the molecule is Cc1ccc(P(C)(=S)c2ccc(C)cc2)cc1. The largest absolute Gasteiger partial charge is 0.0879 e. The number of rotatable bonds is 2. The molecule has 17 heavy (non-hydrogen) atoms. The van der Waals surface area contributed by atoms with Crippen LogP contribution in [0.4, 0.5) is 0 Å². The Labute approximate surface area is 109 Å². The van der Waals surface area contributed by atoms with Gasteiger partial charge >= 0.3 is 0 Å². The minimum atomic E-state index is -1.60. The van der Waals surface area contributed by atoms with Gasteiger partial charge in [-0.15, -0.1) is 0 Å². The topological polar surface area (TPSA) is 0 Å². The highest BCUT2D eigenvalue weighted by Crippen LogP contribution is 2.39. The third kappa shape index (κ3) is 2.68. The first-order chi connectivity index (χ1) is 8.00. The van der Waals surface area contributed by atoms with Gasteiger partial charge in [0.05, 0.1) is 0 Å². The molecule has 0 N–H and O–H groups in total. The van der Waals surface area contributed by atoms with Crippen molar-refractivity contribution in [1.82, 2.24) is 0 Å². The molecule has 0 aliphatic heterocycles. The molecule has 0 heterocycles. The van der Waals surface area contributed by atoms with Gasteiger partial charge in [-0.25, -0.2) is 0 Å². The van der Waals surface area contributed by atoms with Gasteiger partial charge in [-0.05, 0) is 31.1 Å². The van der Waals surface area contributed by atoms with E-state index in [9.17, 15) is 0 Å². The van der Waals surface area contributed by atoms with Crippen molar-refractivity contribution >= 4 is 28.5 Å². The maximum Gasteiger partial charge on any atom is 0.00761 e. The summed E-state index contributed by atoms with van der Waals surface area (Å²) in [6.45, 7) is 6.42. The van der Waals surface area contributed by atoms with Crippen LogP contribution in [0.5, 0.6) is 0 Å². The predicted octanol–water partition coefficient (Wildman–Crippen LogP) is 3.36. The molecule has 0 fully saturated rings. The van der Waals surface area contributed by atoms with Crippen LogP contribution >= 0.6 is 6.04 Å². The van der Waals surface area contributed by atoms with Gasteiger partial charge in [0.2, 0.25) is 0 Å². The molecule has 88 valence electrons. The second-order valence-electron chi connectivity index (χ2n) is 4.60. The fourth-order valence-corrected chi connectivity index (χ4v) is 4.27. The third-order valence-corrected chi connectivity index (χ3v) is 6.89. The van der Waals surface area contributed by atoms with Crippen LogP contribution in [0.15, 0.2) is 48.5 Å². The number of benzene rings is 2. The summed E-state index contributed by atoms with van der Waals surface area (Å²) in [7, 11) is 0. The van der Waals surface area contributed by atoms with Crippen LogP contribution in [0, 0.1) is 13.8 Å². The average molecular weight is 260 g/mol. The fraction of sp³-hybridized carbons (Fsp3) is 0.200. The van der Waals surface area contributed by atoms with Crippen molar-refractivity contribution in [2.24, 2.45) is 0 Å². The molecule has 0 saturated heterocycles. The highest BCUT2D eigenvalue weighted by molar-refractivity contribution is 8.21. The lowest BCUT2D eigenvalue weighted by molar-refractivity contribution is 1.49. The summed E-state index contributed by atoms with van der Waals surface area (Å²) in [4.78, 5) is 0. The molecule has 0 nitrogen and oxygen atoms in total. The highest BCUT2D eigenvalue weighted by atomic mass is 32.4. The van der Waals surface area contributed by atoms with Crippen LogP contribution in [0.1, 0.15) is 11.1 Å². The van der Waals surface area contributed by atoms with Crippen LogP contribution in [-0.2, 0) is 11.8 Å². The van der Waals surface area contributed by atoms with E-state index in [4.69, 9.17) is 11.8 Å². The lowest BCUT2D eigenvalue weighted by Crippen LogP contribution is -2.14. The Morgan fingerprint density at radius 1 is 0.706 bits per heavy atom. The van der Waals surface area contributed by atoms with Crippen LogP contribution in [0.3, 0.4) is 0 Å². The Balaban J connectivity index is 2.45. The van der Waals surface area contributed by atoms with E-state index < -0.39 is 6.04 Å². The summed E-state index contributed by atoms with van der Waals surface area (Å²) in [6.07, 6.45) is 0. The molecule has 0 unspecified atom stereocenters. The van der Waals surface area contributed by atoms with Gasteiger partial charge in [0.25, 0.3) is 0 Å². The average Bonchev–Trinajstić information content (AvgIpc) is 2.30. The van der Waals surface area contributed by atoms with Crippen molar-refractivity contribution in [3.05, 3.63) is 59.7 Å². The minimum Gasteiger partial charge on any atom is -0.0879 e. The molecule has 0 amide bonds. The molecule has 0 spiro atoms. The van der Waals surface area contributed by atoms with Crippen LogP contribution in [0.2, 0.25) is 0 Å². The standard InChI is InChI=1S/C15H17PS/c1-12-4-8-14(9-5-12)16(3,17)15-10-6-13(2)7-11-15/h4-11H,1-3H3. The molecule has 0 saturated carbocycles. The summed E-state index contributed by atoms with van der Waals surface area (Å²) >= 11 is 5.87. The summed E-state index contributed by atoms with van der Waals surface area (Å²) in [5, 5.41) is 2.59. The second kappa shape index (κ2) is 4.76. The van der Waals surface area contributed by atoms with E-state index >= 15 is 0 Å². The van der Waals surface area contributed by atoms with Gasteiger partial charge in [0.15, 0.2) is 0 Å². The normalized spacial score (nSPS) is 11.5. The van der Waals surface area contributed by atoms with Gasteiger partial charge in [-0.1, -0.05) is 71.5 Å². The summed E-state index contributed by atoms with van der Waals surface area (Å²) in [6, 6.07) is 15.7. The fourth-order valence-electron chi connectivity index (χ4n) is 1.81. The summed E-state index contributed by atoms with van der Waals surface area (Å²) < 4.78 is 0. The summed E-state index contributed by atoms with van der Waals surface area (Å²) in [5.74, 6) is 0. The Bertz CT molecular complexity index is 503. The highest BCUT2D eigenvalue weighted by Gasteiger charge is 2.15. The molecule has 2 heteroatoms. The van der Waals surface area contributed by atoms with Crippen molar-refractivity contribution in [2.45, 2.75) is 13.8 Å². The Hall–Kier alpha value is -0.910. The first kappa shape index (κ1) is 12.5. The van der Waals surface area contributed by atoms with E-state index in [1.165, 1.54) is 21.7 Å². The van der Waals surface area contributed by atoms with Crippen molar-refractivity contribution < 1.29 is 0 Å². The molecule has 0 aromatic heterocycles. The number of aryl methyl sites for hydroxylation is 2. The number of hydrogen-bond donors (Lipinski definition) is 0. The minimum absolute atomic E-state index is 1.28. The van der Waals surface area contributed by atoms with E-state index in [0.29, 0.717) is 0 Å². The maximum absolute atomic E-state index is 5.87. The molecule has 0 radical (unpaired) electrons. The van der Waals surface area contributed by atoms with Crippen molar-refractivity contribution in [2.75, 3.05) is 6.66 Å². The molecule has 0 atom stereocenters. The molecule has 0 aliphatic rings. The zero-order valence-corrected chi connectivity index (χ0v) is 12.2. The smallest absolute Gasteiger partial charge is 0.00761 e. The first-order valence-electron chi connectivity index (χ1n) is 5.72. The molecule has 0 aliphatic carbocycles. The lowest BCUT2D eigenvalue weighted by atomic mass is 10.2. The molecular weight excluding hydrogens is 243 g/mol. The third-order valence-electron chi connectivity index (χ3n) is 3.05. The van der Waals surface area contributed by atoms with E-state index in [0.717, 1.165) is 0 Å². The maximum atomic E-state index is 5.87. The second-order valence-corrected chi connectivity index (χ2v) is 9.67. The number of hydrogen-bond acceptors (Lipinski definition) is 1. The predicted molar refractivity (Wildman–Crippen MR) is 81.8 cm³/mol. The molecule has 2 aromatic rings. The quantitative estimate of drug-likeness (QED) is 0.746. The van der Waals surface area contributed by atoms with E-state index in [1.807, 2.05) is 0 Å². The lowest BCUT2D eigenvalue weighted by Gasteiger charge is -2.18. The first-order valence-corrected chi connectivity index (χ1v) is 8.97. The van der Waals surface area contributed by atoms with Crippen LogP contribution in [-0.4, -0.2) is 6.66 Å². The molecular formula is C15H17PS. The van der Waals surface area contributed by atoms with E-state index in [-0.39, 0.29) is 0 Å². The monoisotopic (exact) mass is 260 g/mol. The van der Waals surface area contributed by atoms with Gasteiger partial charge in [0.1, 0.15) is 0 Å². The van der Waals surface area contributed by atoms with Crippen molar-refractivity contribution in [3.8, 4) is 0 Å². The summed E-state index contributed by atoms with van der Waals surface area (Å²) in [5.41, 5.74) is 2.57. The van der Waals surface area contributed by atoms with Gasteiger partial charge in [0, 0.05) is 6.04 Å². The van der Waals surface area contributed by atoms with Gasteiger partial charge in [-0.3, -0.25) is 0 Å². The van der Waals surface area contributed by atoms with Gasteiger partial charge in [-0.2, -0.15) is 0 Å². The molecule has 2 rings (SSSR count). The van der Waals surface area contributed by atoms with E-state index in [2.05, 4.69) is 69.0 Å². The zero-order valence-electron chi connectivity index (χ0n) is 10.5. The molecule has 2 aromatic carbocycles. The van der Waals surface area contributed by atoms with Crippen LogP contribution < -0.4 is 10.6 Å². The Kier molecular flexibility index (Phi) is 3.51.